The molecule has 2 rings (SSSR count). The molecule has 17 heavy (non-hydrogen) atoms. The average molecular weight is 250 g/mol. The van der Waals surface area contributed by atoms with Crippen molar-refractivity contribution in [3.63, 3.8) is 0 Å². The van der Waals surface area contributed by atoms with Crippen molar-refractivity contribution in [2.45, 2.75) is 26.7 Å². The third kappa shape index (κ3) is 2.80. The van der Waals surface area contributed by atoms with Gasteiger partial charge in [-0.15, -0.1) is 0 Å². The topological polar surface area (TPSA) is 38.7 Å². The van der Waals surface area contributed by atoms with E-state index in [0.717, 1.165) is 0 Å². The normalized spacial score (nSPS) is 36.5. The lowest BCUT2D eigenvalue weighted by molar-refractivity contribution is 0.106. The first-order chi connectivity index (χ1) is 14.5. The van der Waals surface area contributed by atoms with Crippen molar-refractivity contribution in [2.75, 3.05) is 6.75 Å². The molecule has 3 nitrogen and oxygen atoms in total. The SMILES string of the molecule is [2H]/C(=C(/[2H])C(O)C(C([2H])([2H])[2H])(C([2H])([2H])[2H])C([2H])([2H])[2H])c1c([2H])c([2H])c2c(c1[2H])OC([2H])([2H])O2. The minimum absolute atomic E-state index is 0.652. The van der Waals surface area contributed by atoms with Crippen molar-refractivity contribution in [2.24, 2.45) is 5.41 Å². The van der Waals surface area contributed by atoms with Gasteiger partial charge in [0.15, 0.2) is 11.5 Å². The largest absolute Gasteiger partial charge is 0.454 e. The van der Waals surface area contributed by atoms with E-state index >= 15 is 0 Å². The Hall–Kier alpha value is -1.48. The van der Waals surface area contributed by atoms with Crippen molar-refractivity contribution in [1.29, 1.82) is 0 Å². The molecule has 92 valence electrons. The summed E-state index contributed by atoms with van der Waals surface area (Å²) in [6, 6.07) is -5.69. The lowest BCUT2D eigenvalue weighted by Crippen LogP contribution is -2.23. The van der Waals surface area contributed by atoms with Gasteiger partial charge in [0.05, 0.1) is 13.0 Å². The lowest BCUT2D eigenvalue weighted by atomic mass is 9.89. The maximum absolute atomic E-state index is 10.7. The summed E-state index contributed by atoms with van der Waals surface area (Å²) in [6.07, 6.45) is -3.12. The van der Waals surface area contributed by atoms with E-state index in [9.17, 15) is 5.11 Å². The lowest BCUT2D eigenvalue weighted by Gasteiger charge is -2.22. The highest BCUT2D eigenvalue weighted by Gasteiger charge is 2.19. The van der Waals surface area contributed by atoms with E-state index < -0.39 is 86.1 Å². The van der Waals surface area contributed by atoms with Crippen LogP contribution in [0.25, 0.3) is 6.05 Å². The maximum Gasteiger partial charge on any atom is 0.231 e. The zero-order valence-corrected chi connectivity index (χ0v) is 8.34. The summed E-state index contributed by atoms with van der Waals surface area (Å²) in [6.45, 7) is -14.5. The van der Waals surface area contributed by atoms with Gasteiger partial charge < -0.3 is 14.6 Å². The van der Waals surface area contributed by atoms with E-state index in [1.54, 1.807) is 0 Å². The van der Waals surface area contributed by atoms with Gasteiger partial charge in [-0.05, 0) is 23.1 Å². The van der Waals surface area contributed by atoms with Crippen molar-refractivity contribution in [3.8, 4) is 11.5 Å². The second-order valence-corrected chi connectivity index (χ2v) is 3.18. The maximum atomic E-state index is 10.7. The van der Waals surface area contributed by atoms with Gasteiger partial charge in [-0.1, -0.05) is 38.7 Å². The molecule has 0 spiro atoms. The molecule has 1 aliphatic rings. The van der Waals surface area contributed by atoms with Gasteiger partial charge in [-0.2, -0.15) is 0 Å². The van der Waals surface area contributed by atoms with E-state index in [4.69, 9.17) is 31.4 Å². The van der Waals surface area contributed by atoms with Gasteiger partial charge >= 0.3 is 0 Å². The summed E-state index contributed by atoms with van der Waals surface area (Å²) >= 11 is 0. The summed E-state index contributed by atoms with van der Waals surface area (Å²) in [7, 11) is 0. The third-order valence-corrected chi connectivity index (χ3v) is 1.78. The molecule has 0 fully saturated rings. The quantitative estimate of drug-likeness (QED) is 0.877. The minimum Gasteiger partial charge on any atom is -0.454 e. The predicted octanol–water partition coefficient (Wildman–Crippen LogP) is 2.84. The highest BCUT2D eigenvalue weighted by molar-refractivity contribution is 5.56. The Morgan fingerprint density at radius 3 is 3.06 bits per heavy atom. The van der Waals surface area contributed by atoms with Crippen LogP contribution in [0.5, 0.6) is 11.5 Å². The average Bonchev–Trinajstić information content (AvgIpc) is 2.91. The van der Waals surface area contributed by atoms with Gasteiger partial charge in [0.2, 0.25) is 6.75 Å². The number of benzene rings is 1. The molecule has 0 bridgehead atoms. The molecule has 1 aromatic carbocycles. The molecule has 0 saturated heterocycles. The molecule has 1 aliphatic heterocycles. The predicted molar refractivity (Wildman–Crippen MR) is 67.1 cm³/mol. The molecule has 0 radical (unpaired) electrons. The Kier molecular flexibility index (Phi) is 0.803. The van der Waals surface area contributed by atoms with Gasteiger partial charge in [0.1, 0.15) is 2.74 Å². The number of aliphatic hydroxyl groups is 1. The van der Waals surface area contributed by atoms with E-state index in [1.165, 1.54) is 0 Å². The summed E-state index contributed by atoms with van der Waals surface area (Å²) in [4.78, 5) is 0. The molecule has 1 heterocycles. The van der Waals surface area contributed by atoms with Gasteiger partial charge in [0, 0.05) is 12.3 Å². The van der Waals surface area contributed by atoms with Crippen molar-refractivity contribution in [3.05, 3.63) is 29.7 Å². The molecule has 3 heteroatoms. The van der Waals surface area contributed by atoms with Crippen LogP contribution in [0.1, 0.15) is 48.1 Å². The van der Waals surface area contributed by atoms with Crippen LogP contribution >= 0.6 is 0 Å². The first-order valence-corrected chi connectivity index (χ1v) is 4.40. The molecule has 1 unspecified atom stereocenters. The summed E-state index contributed by atoms with van der Waals surface area (Å²) < 4.78 is 133. The van der Waals surface area contributed by atoms with Crippen molar-refractivity contribution in [1.82, 2.24) is 0 Å². The minimum atomic E-state index is -3.92. The number of ether oxygens (including phenoxy) is 2. The first-order valence-electron chi connectivity index (χ1n) is 12.4. The molecular weight excluding hydrogens is 216 g/mol. The fourth-order valence-electron chi connectivity index (χ4n) is 0.937. The first kappa shape index (κ1) is 3.09. The Labute approximate surface area is 124 Å². The van der Waals surface area contributed by atoms with Crippen LogP contribution < -0.4 is 9.47 Å². The summed E-state index contributed by atoms with van der Waals surface area (Å²) in [5.41, 5.74) is -4.85. The molecule has 1 atom stereocenters. The van der Waals surface area contributed by atoms with Crippen LogP contribution in [-0.4, -0.2) is 18.0 Å². The number of fused-ring (bicyclic) bond motifs is 1. The number of rotatable bonds is 2. The number of hydrogen-bond donors (Lipinski definition) is 1. The zero-order valence-electron chi connectivity index (χ0n) is 24.3. The summed E-state index contributed by atoms with van der Waals surface area (Å²) in [5.74, 6) is -1.38. The Morgan fingerprint density at radius 1 is 1.53 bits per heavy atom. The highest BCUT2D eigenvalue weighted by atomic mass is 16.7. The van der Waals surface area contributed by atoms with Crippen LogP contribution in [0.3, 0.4) is 0 Å². The van der Waals surface area contributed by atoms with Crippen LogP contribution in [0, 0.1) is 5.41 Å². The smallest absolute Gasteiger partial charge is 0.231 e. The van der Waals surface area contributed by atoms with Gasteiger partial charge in [-0.25, -0.2) is 0 Å². The third-order valence-electron chi connectivity index (χ3n) is 1.78. The van der Waals surface area contributed by atoms with E-state index in [-0.39, 0.29) is 0 Å². The molecule has 1 aromatic rings. The van der Waals surface area contributed by atoms with Crippen LogP contribution in [-0.2, 0) is 0 Å². The van der Waals surface area contributed by atoms with Crippen molar-refractivity contribution < 1.29 is 36.5 Å². The summed E-state index contributed by atoms with van der Waals surface area (Å²) in [5, 5.41) is 10.7. The van der Waals surface area contributed by atoms with E-state index in [1.807, 2.05) is 0 Å². The molecule has 0 aromatic heterocycles. The Balaban J connectivity index is 2.86. The second-order valence-electron chi connectivity index (χ2n) is 3.18. The van der Waals surface area contributed by atoms with E-state index in [2.05, 4.69) is 0 Å². The molecular formula is C14H18O3. The fraction of sp³-hybridized carbons (Fsp3) is 0.429. The van der Waals surface area contributed by atoms with Crippen LogP contribution in [0.2, 0.25) is 0 Å². The number of aliphatic hydroxyl groups excluding tert-OH is 1. The monoisotopic (exact) mass is 250 g/mol. The molecule has 1 N–H and O–H groups in total. The fourth-order valence-corrected chi connectivity index (χ4v) is 0.937. The van der Waals surface area contributed by atoms with Crippen LogP contribution in [0.15, 0.2) is 24.2 Å². The highest BCUT2D eigenvalue weighted by Crippen LogP contribution is 2.33. The second kappa shape index (κ2) is 4.41. The Bertz CT molecular complexity index is 950. The van der Waals surface area contributed by atoms with E-state index in [0.29, 0.717) is 0 Å². The zero-order chi connectivity index (χ0) is 26.1. The molecule has 0 saturated carbocycles. The van der Waals surface area contributed by atoms with Crippen LogP contribution in [0.4, 0.5) is 0 Å². The van der Waals surface area contributed by atoms with Gasteiger partial charge in [-0.3, -0.25) is 0 Å². The van der Waals surface area contributed by atoms with Gasteiger partial charge in [0.25, 0.3) is 0 Å². The number of hydrogen-bond acceptors (Lipinski definition) is 3. The Morgan fingerprint density at radius 2 is 2.29 bits per heavy atom. The molecule has 0 amide bonds. The van der Waals surface area contributed by atoms with Crippen molar-refractivity contribution >= 4 is 6.05 Å². The standard InChI is InChI=1S/C14H18O3/c1-14(2,3)13(15)7-5-10-4-6-11-12(8-10)17-9-16-11/h4-8,13,15H,9H2,1-3H3/b7-5+/i1D3,2D3,3D3,4D,5D,6D,7D,8D,9D2. The molecule has 0 aliphatic carbocycles.